The van der Waals surface area contributed by atoms with Gasteiger partial charge in [0, 0.05) is 24.7 Å². The van der Waals surface area contributed by atoms with E-state index in [9.17, 15) is 9.59 Å². The Morgan fingerprint density at radius 3 is 2.52 bits per heavy atom. The molecule has 0 saturated heterocycles. The van der Waals surface area contributed by atoms with E-state index in [2.05, 4.69) is 15.3 Å². The molecule has 2 heterocycles. The number of aryl methyl sites for hydroxylation is 1. The Balaban J connectivity index is 1.98. The summed E-state index contributed by atoms with van der Waals surface area (Å²) in [5, 5.41) is 2.70. The quantitative estimate of drug-likeness (QED) is 0.682. The lowest BCUT2D eigenvalue weighted by atomic mass is 10.2. The lowest BCUT2D eigenvalue weighted by molar-refractivity contribution is -0.148. The second-order valence-electron chi connectivity index (χ2n) is 6.55. The van der Waals surface area contributed by atoms with E-state index in [1.54, 1.807) is 36.7 Å². The van der Waals surface area contributed by atoms with Crippen LogP contribution in [0.3, 0.4) is 0 Å². The molecule has 2 aromatic heterocycles. The molecule has 2 rings (SSSR count). The van der Waals surface area contributed by atoms with Crippen LogP contribution in [0.15, 0.2) is 42.9 Å². The fourth-order valence-electron chi connectivity index (χ4n) is 1.95. The Kier molecular flexibility index (Phi) is 5.64. The fourth-order valence-corrected chi connectivity index (χ4v) is 1.95. The van der Waals surface area contributed by atoms with Crippen LogP contribution in [0.4, 0.5) is 5.82 Å². The van der Waals surface area contributed by atoms with Crippen molar-refractivity contribution in [1.29, 1.82) is 0 Å². The summed E-state index contributed by atoms with van der Waals surface area (Å²) >= 11 is 0. The maximum atomic E-state index is 12.1. The second kappa shape index (κ2) is 7.70. The number of nitrogens with zero attached hydrogens (tertiary/aromatic N) is 2. The molecule has 0 fully saturated rings. The Morgan fingerprint density at radius 1 is 1.16 bits per heavy atom. The highest BCUT2D eigenvalue weighted by Gasteiger charge is 2.13. The molecular weight excluding hydrogens is 318 g/mol. The topological polar surface area (TPSA) is 81.2 Å². The van der Waals surface area contributed by atoms with Crippen LogP contribution in [-0.2, 0) is 9.53 Å². The fraction of sp³-hybridized carbons (Fsp3) is 0.263. The number of pyridine rings is 2. The van der Waals surface area contributed by atoms with Gasteiger partial charge in [-0.3, -0.25) is 9.78 Å². The predicted octanol–water partition coefficient (Wildman–Crippen LogP) is 3.39. The molecule has 0 aliphatic rings. The Hall–Kier alpha value is -3.02. The molecule has 0 aliphatic heterocycles. The zero-order chi connectivity index (χ0) is 18.4. The van der Waals surface area contributed by atoms with E-state index in [-0.39, 0.29) is 5.91 Å². The Labute approximate surface area is 147 Å². The molecular formula is C19H21N3O3. The molecule has 2 aromatic rings. The summed E-state index contributed by atoms with van der Waals surface area (Å²) in [6.45, 7) is 7.29. The van der Waals surface area contributed by atoms with E-state index in [0.717, 1.165) is 11.1 Å². The zero-order valence-corrected chi connectivity index (χ0v) is 14.7. The molecule has 6 nitrogen and oxygen atoms in total. The maximum absolute atomic E-state index is 12.1. The number of aromatic nitrogens is 2. The van der Waals surface area contributed by atoms with Crippen molar-refractivity contribution in [3.8, 4) is 0 Å². The Bertz CT molecular complexity index is 790. The van der Waals surface area contributed by atoms with Crippen LogP contribution in [0.2, 0.25) is 0 Å². The van der Waals surface area contributed by atoms with Crippen LogP contribution >= 0.6 is 0 Å². The predicted molar refractivity (Wildman–Crippen MR) is 96.0 cm³/mol. The van der Waals surface area contributed by atoms with Crippen molar-refractivity contribution in [2.75, 3.05) is 5.32 Å². The van der Waals surface area contributed by atoms with Crippen molar-refractivity contribution in [2.24, 2.45) is 0 Å². The average Bonchev–Trinajstić information content (AvgIpc) is 2.52. The number of carbonyl (C=O) groups excluding carboxylic acids is 2. The molecule has 0 aromatic carbocycles. The highest BCUT2D eigenvalue weighted by molar-refractivity contribution is 6.03. The van der Waals surface area contributed by atoms with E-state index < -0.39 is 11.6 Å². The SMILES string of the molecule is Cc1cncc(C(=O)Nc2ccc(C=CC(=O)OC(C)(C)C)cn2)c1. The number of hydrogen-bond donors (Lipinski definition) is 1. The van der Waals surface area contributed by atoms with E-state index in [1.165, 1.54) is 12.3 Å². The van der Waals surface area contributed by atoms with Gasteiger partial charge in [0.05, 0.1) is 5.56 Å². The van der Waals surface area contributed by atoms with E-state index >= 15 is 0 Å². The van der Waals surface area contributed by atoms with Gasteiger partial charge < -0.3 is 10.1 Å². The van der Waals surface area contributed by atoms with Crippen molar-refractivity contribution in [3.05, 3.63) is 59.6 Å². The van der Waals surface area contributed by atoms with Crippen molar-refractivity contribution in [3.63, 3.8) is 0 Å². The van der Waals surface area contributed by atoms with Crippen molar-refractivity contribution in [1.82, 2.24) is 9.97 Å². The van der Waals surface area contributed by atoms with Gasteiger partial charge in [0.25, 0.3) is 5.91 Å². The summed E-state index contributed by atoms with van der Waals surface area (Å²) in [4.78, 5) is 31.9. The summed E-state index contributed by atoms with van der Waals surface area (Å²) in [7, 11) is 0. The first-order chi connectivity index (χ1) is 11.7. The highest BCUT2D eigenvalue weighted by atomic mass is 16.6. The molecule has 0 atom stereocenters. The molecule has 25 heavy (non-hydrogen) atoms. The largest absolute Gasteiger partial charge is 0.457 e. The van der Waals surface area contributed by atoms with Gasteiger partial charge in [-0.1, -0.05) is 0 Å². The molecule has 0 aliphatic carbocycles. The molecule has 0 saturated carbocycles. The van der Waals surface area contributed by atoms with Gasteiger partial charge in [0.1, 0.15) is 11.4 Å². The van der Waals surface area contributed by atoms with Gasteiger partial charge in [0.15, 0.2) is 0 Å². The van der Waals surface area contributed by atoms with Gasteiger partial charge in [-0.2, -0.15) is 0 Å². The second-order valence-corrected chi connectivity index (χ2v) is 6.55. The first-order valence-corrected chi connectivity index (χ1v) is 7.83. The summed E-state index contributed by atoms with van der Waals surface area (Å²) in [5.74, 6) is -0.279. The minimum Gasteiger partial charge on any atom is -0.457 e. The van der Waals surface area contributed by atoms with E-state index in [1.807, 2.05) is 27.7 Å². The third-order valence-corrected chi connectivity index (χ3v) is 2.98. The highest BCUT2D eigenvalue weighted by Crippen LogP contribution is 2.11. The van der Waals surface area contributed by atoms with Gasteiger partial charge in [-0.05, 0) is 63.1 Å². The van der Waals surface area contributed by atoms with Crippen LogP contribution in [-0.4, -0.2) is 27.4 Å². The lowest BCUT2D eigenvalue weighted by Gasteiger charge is -2.17. The lowest BCUT2D eigenvalue weighted by Crippen LogP contribution is -2.22. The van der Waals surface area contributed by atoms with Gasteiger partial charge >= 0.3 is 5.97 Å². The zero-order valence-electron chi connectivity index (χ0n) is 14.7. The molecule has 1 N–H and O–H groups in total. The summed E-state index contributed by atoms with van der Waals surface area (Å²) in [6, 6.07) is 5.16. The molecule has 6 heteroatoms. The molecule has 0 spiro atoms. The number of anilines is 1. The summed E-state index contributed by atoms with van der Waals surface area (Å²) in [5.41, 5.74) is 1.57. The van der Waals surface area contributed by atoms with Crippen molar-refractivity contribution < 1.29 is 14.3 Å². The number of esters is 1. The van der Waals surface area contributed by atoms with Crippen molar-refractivity contribution >= 4 is 23.8 Å². The molecule has 0 unspecified atom stereocenters. The summed E-state index contributed by atoms with van der Waals surface area (Å²) in [6.07, 6.45) is 7.70. The normalized spacial score (nSPS) is 11.4. The third kappa shape index (κ3) is 6.18. The number of rotatable bonds is 4. The molecule has 0 radical (unpaired) electrons. The van der Waals surface area contributed by atoms with Crippen LogP contribution in [0.5, 0.6) is 0 Å². The number of nitrogens with one attached hydrogen (secondary N) is 1. The molecule has 1 amide bonds. The smallest absolute Gasteiger partial charge is 0.331 e. The van der Waals surface area contributed by atoms with Crippen LogP contribution in [0, 0.1) is 6.92 Å². The number of amides is 1. The summed E-state index contributed by atoms with van der Waals surface area (Å²) < 4.78 is 5.19. The van der Waals surface area contributed by atoms with Crippen molar-refractivity contribution in [2.45, 2.75) is 33.3 Å². The van der Waals surface area contributed by atoms with Gasteiger partial charge in [0.2, 0.25) is 0 Å². The van der Waals surface area contributed by atoms with Crippen LogP contribution in [0.1, 0.15) is 42.3 Å². The maximum Gasteiger partial charge on any atom is 0.331 e. The minimum atomic E-state index is -0.529. The molecule has 130 valence electrons. The monoisotopic (exact) mass is 339 g/mol. The van der Waals surface area contributed by atoms with E-state index in [4.69, 9.17) is 4.74 Å². The first-order valence-electron chi connectivity index (χ1n) is 7.83. The van der Waals surface area contributed by atoms with Gasteiger partial charge in [-0.15, -0.1) is 0 Å². The minimum absolute atomic E-state index is 0.277. The van der Waals surface area contributed by atoms with Gasteiger partial charge in [-0.25, -0.2) is 9.78 Å². The molecule has 0 bridgehead atoms. The van der Waals surface area contributed by atoms with E-state index in [0.29, 0.717) is 11.4 Å². The number of carbonyl (C=O) groups is 2. The van der Waals surface area contributed by atoms with Crippen LogP contribution in [0.25, 0.3) is 6.08 Å². The average molecular weight is 339 g/mol. The van der Waals surface area contributed by atoms with Crippen LogP contribution < -0.4 is 5.32 Å². The first kappa shape index (κ1) is 18.3. The number of hydrogen-bond acceptors (Lipinski definition) is 5. The number of ether oxygens (including phenoxy) is 1. The Morgan fingerprint density at radius 2 is 1.92 bits per heavy atom. The third-order valence-electron chi connectivity index (χ3n) is 2.98. The standard InChI is InChI=1S/C19H21N3O3/c1-13-9-15(12-20-10-13)18(24)22-16-7-5-14(11-21-16)6-8-17(23)25-19(2,3)4/h5-12H,1-4H3,(H,21,22,24).